The summed E-state index contributed by atoms with van der Waals surface area (Å²) in [7, 11) is 1.81. The van der Waals surface area contributed by atoms with E-state index in [0.29, 0.717) is 12.5 Å². The van der Waals surface area contributed by atoms with E-state index in [1.54, 1.807) is 7.11 Å². The van der Waals surface area contributed by atoms with Crippen LogP contribution in [0.15, 0.2) is 0 Å². The van der Waals surface area contributed by atoms with Crippen molar-refractivity contribution in [3.63, 3.8) is 0 Å². The maximum Gasteiger partial charge on any atom is 0.225 e. The molecule has 370 valence electrons. The van der Waals surface area contributed by atoms with Gasteiger partial charge in [-0.1, -0.05) is 247 Å². The van der Waals surface area contributed by atoms with Crippen molar-refractivity contribution in [1.29, 1.82) is 0 Å². The van der Waals surface area contributed by atoms with Gasteiger partial charge in [-0.15, -0.1) is 0 Å². The van der Waals surface area contributed by atoms with Gasteiger partial charge in [0.05, 0.1) is 23.9 Å². The summed E-state index contributed by atoms with van der Waals surface area (Å²) >= 11 is 0. The third-order valence-electron chi connectivity index (χ3n) is 14.4. The molecule has 1 amide bonds. The first-order chi connectivity index (χ1) is 29.7. The fourth-order valence-corrected chi connectivity index (χ4v) is 10.5. The van der Waals surface area contributed by atoms with Crippen LogP contribution in [0, 0.1) is 16.7 Å². The zero-order chi connectivity index (χ0) is 45.8. The molecule has 0 aromatic carbocycles. The standard InChI is InChI=1S/C57H113NO4/c1-11-13-15-17-19-21-23-25-27-29-30-32-34-36-38-40-42-44-52(61-45-43-41-39-37-35-33-31-28-26-24-22-20-18-16-14-12-2)47-58-53(59)55(5,6)49-54(3,4)50-56(7,8)62-48-51-46-57(51,9)60-10/h51-52H,11-50H2,1-10H3,(H,58,59). The summed E-state index contributed by atoms with van der Waals surface area (Å²) in [6.07, 6.45) is 49.7. The monoisotopic (exact) mass is 876 g/mol. The molecule has 0 heterocycles. The molecule has 0 bridgehead atoms. The molecule has 1 fully saturated rings. The molecule has 0 aromatic rings. The third kappa shape index (κ3) is 32.9. The lowest BCUT2D eigenvalue weighted by Gasteiger charge is -2.39. The maximum atomic E-state index is 13.8. The van der Waals surface area contributed by atoms with E-state index in [0.717, 1.165) is 45.3 Å². The highest BCUT2D eigenvalue weighted by Crippen LogP contribution is 2.47. The fourth-order valence-electron chi connectivity index (χ4n) is 10.5. The smallest absolute Gasteiger partial charge is 0.225 e. The largest absolute Gasteiger partial charge is 0.378 e. The number of hydrogen-bond donors (Lipinski definition) is 1. The van der Waals surface area contributed by atoms with Crippen molar-refractivity contribution in [3.05, 3.63) is 0 Å². The van der Waals surface area contributed by atoms with Gasteiger partial charge in [-0.05, 0) is 58.3 Å². The Morgan fingerprint density at radius 1 is 0.565 bits per heavy atom. The van der Waals surface area contributed by atoms with Crippen LogP contribution in [0.2, 0.25) is 0 Å². The molecule has 0 saturated heterocycles. The second-order valence-electron chi connectivity index (χ2n) is 22.8. The first kappa shape index (κ1) is 59.4. The summed E-state index contributed by atoms with van der Waals surface area (Å²) in [6, 6.07) is 0. The van der Waals surface area contributed by atoms with Crippen molar-refractivity contribution >= 4 is 5.91 Å². The summed E-state index contributed by atoms with van der Waals surface area (Å²) in [6.45, 7) is 22.2. The number of methoxy groups -OCH3 is 1. The quantitative estimate of drug-likeness (QED) is 0.0619. The second kappa shape index (κ2) is 36.5. The minimum atomic E-state index is -0.475. The molecule has 3 atom stereocenters. The van der Waals surface area contributed by atoms with Gasteiger partial charge >= 0.3 is 0 Å². The highest BCUT2D eigenvalue weighted by atomic mass is 16.5. The van der Waals surface area contributed by atoms with Gasteiger partial charge in [0.1, 0.15) is 0 Å². The number of unbranched alkanes of at least 4 members (excludes halogenated alkanes) is 31. The van der Waals surface area contributed by atoms with Crippen LogP contribution in [0.4, 0.5) is 0 Å². The predicted molar refractivity (Wildman–Crippen MR) is 271 cm³/mol. The van der Waals surface area contributed by atoms with E-state index in [-0.39, 0.29) is 28.6 Å². The predicted octanol–water partition coefficient (Wildman–Crippen LogP) is 17.8. The van der Waals surface area contributed by atoms with Gasteiger partial charge in [-0.3, -0.25) is 4.79 Å². The number of rotatable bonds is 47. The first-order valence-corrected chi connectivity index (χ1v) is 27.8. The number of hydrogen-bond acceptors (Lipinski definition) is 4. The zero-order valence-corrected chi connectivity index (χ0v) is 44.1. The highest BCUT2D eigenvalue weighted by molar-refractivity contribution is 5.81. The Bertz CT molecular complexity index is 986. The number of carbonyl (C=O) groups is 1. The van der Waals surface area contributed by atoms with E-state index in [1.165, 1.54) is 205 Å². The number of amides is 1. The summed E-state index contributed by atoms with van der Waals surface area (Å²) < 4.78 is 18.7. The minimum Gasteiger partial charge on any atom is -0.378 e. The van der Waals surface area contributed by atoms with E-state index in [1.807, 2.05) is 0 Å². The molecule has 1 aliphatic rings. The van der Waals surface area contributed by atoms with Crippen LogP contribution in [0.5, 0.6) is 0 Å². The summed E-state index contributed by atoms with van der Waals surface area (Å²) in [5.74, 6) is 0.622. The SMILES string of the molecule is CCCCCCCCCCCCCCCCCCCC(CNC(=O)C(C)(C)CC(C)(C)CC(C)(C)OCC1CC1(C)OC)OCCCCCCCCCCCCCCCCCC. The third-order valence-corrected chi connectivity index (χ3v) is 14.4. The van der Waals surface area contributed by atoms with E-state index < -0.39 is 5.41 Å². The van der Waals surface area contributed by atoms with Crippen LogP contribution in [0.1, 0.15) is 300 Å². The molecule has 0 radical (unpaired) electrons. The van der Waals surface area contributed by atoms with Crippen LogP contribution in [0.25, 0.3) is 0 Å². The van der Waals surface area contributed by atoms with Gasteiger partial charge in [0.15, 0.2) is 0 Å². The summed E-state index contributed by atoms with van der Waals surface area (Å²) in [5.41, 5.74) is -0.803. The van der Waals surface area contributed by atoms with Crippen molar-refractivity contribution in [2.75, 3.05) is 26.9 Å². The van der Waals surface area contributed by atoms with Crippen LogP contribution >= 0.6 is 0 Å². The van der Waals surface area contributed by atoms with Crippen molar-refractivity contribution in [3.8, 4) is 0 Å². The Hall–Kier alpha value is -0.650. The number of ether oxygens (including phenoxy) is 3. The molecule has 0 aromatic heterocycles. The van der Waals surface area contributed by atoms with Crippen molar-refractivity contribution < 1.29 is 19.0 Å². The number of nitrogens with one attached hydrogen (secondary N) is 1. The molecular weight excluding hydrogens is 763 g/mol. The lowest BCUT2D eigenvalue weighted by atomic mass is 9.70. The Morgan fingerprint density at radius 2 is 0.935 bits per heavy atom. The van der Waals surface area contributed by atoms with Gasteiger partial charge in [0, 0.05) is 31.6 Å². The topological polar surface area (TPSA) is 56.8 Å². The number of carbonyl (C=O) groups excluding carboxylic acids is 1. The first-order valence-electron chi connectivity index (χ1n) is 27.8. The Kier molecular flexibility index (Phi) is 34.9. The molecule has 0 spiro atoms. The molecule has 0 aliphatic heterocycles. The summed E-state index contributed by atoms with van der Waals surface area (Å²) in [4.78, 5) is 13.8. The molecular formula is C57H113NO4. The van der Waals surface area contributed by atoms with Gasteiger partial charge in [0.2, 0.25) is 5.91 Å². The van der Waals surface area contributed by atoms with E-state index in [9.17, 15) is 4.79 Å². The Balaban J connectivity index is 2.40. The van der Waals surface area contributed by atoms with Crippen LogP contribution < -0.4 is 5.32 Å². The maximum absolute atomic E-state index is 13.8. The second-order valence-corrected chi connectivity index (χ2v) is 22.8. The molecule has 5 heteroatoms. The molecule has 1 saturated carbocycles. The highest BCUT2D eigenvalue weighted by Gasteiger charge is 2.51. The van der Waals surface area contributed by atoms with Gasteiger partial charge in [-0.25, -0.2) is 0 Å². The van der Waals surface area contributed by atoms with Gasteiger partial charge in [-0.2, -0.15) is 0 Å². The van der Waals surface area contributed by atoms with E-state index in [4.69, 9.17) is 14.2 Å². The van der Waals surface area contributed by atoms with Crippen molar-refractivity contribution in [2.45, 2.75) is 317 Å². The minimum absolute atomic E-state index is 0.0231. The zero-order valence-electron chi connectivity index (χ0n) is 44.1. The average Bonchev–Trinajstić information content (AvgIpc) is 3.89. The fraction of sp³-hybridized carbons (Fsp3) is 0.982. The molecule has 1 rings (SSSR count). The molecule has 62 heavy (non-hydrogen) atoms. The van der Waals surface area contributed by atoms with E-state index in [2.05, 4.69) is 67.6 Å². The summed E-state index contributed by atoms with van der Waals surface area (Å²) in [5, 5.41) is 3.38. The normalized spacial score (nSPS) is 17.5. The Labute approximate surface area is 389 Å². The van der Waals surface area contributed by atoms with Gasteiger partial charge in [0.25, 0.3) is 0 Å². The lowest BCUT2D eigenvalue weighted by molar-refractivity contribution is -0.132. The Morgan fingerprint density at radius 3 is 1.31 bits per heavy atom. The molecule has 1 aliphatic carbocycles. The molecule has 5 nitrogen and oxygen atoms in total. The average molecular weight is 877 g/mol. The van der Waals surface area contributed by atoms with Crippen LogP contribution in [-0.2, 0) is 19.0 Å². The van der Waals surface area contributed by atoms with Crippen LogP contribution in [0.3, 0.4) is 0 Å². The van der Waals surface area contributed by atoms with Crippen molar-refractivity contribution in [2.24, 2.45) is 16.7 Å². The van der Waals surface area contributed by atoms with Crippen molar-refractivity contribution in [1.82, 2.24) is 5.32 Å². The van der Waals surface area contributed by atoms with Gasteiger partial charge < -0.3 is 19.5 Å². The van der Waals surface area contributed by atoms with Crippen LogP contribution in [-0.4, -0.2) is 50.1 Å². The lowest BCUT2D eigenvalue weighted by Crippen LogP contribution is -2.44. The van der Waals surface area contributed by atoms with E-state index >= 15 is 0 Å². The molecule has 1 N–H and O–H groups in total. The molecule has 3 unspecified atom stereocenters.